The summed E-state index contributed by atoms with van der Waals surface area (Å²) >= 11 is 0. The fraction of sp³-hybridized carbons (Fsp3) is 0.278. The first-order valence-corrected chi connectivity index (χ1v) is 7.61. The summed E-state index contributed by atoms with van der Waals surface area (Å²) in [6.45, 7) is 3.85. The molecule has 2 rings (SSSR count). The molecule has 0 atom stereocenters. The Morgan fingerprint density at radius 2 is 1.87 bits per heavy atom. The molecule has 0 spiro atoms. The molecule has 0 bridgehead atoms. The van der Waals surface area contributed by atoms with E-state index in [1.807, 2.05) is 31.2 Å². The van der Waals surface area contributed by atoms with Gasteiger partial charge >= 0.3 is 0 Å². The molecule has 0 aliphatic rings. The highest BCUT2D eigenvalue weighted by Crippen LogP contribution is 2.18. The van der Waals surface area contributed by atoms with Crippen LogP contribution in [0.2, 0.25) is 0 Å². The van der Waals surface area contributed by atoms with Crippen molar-refractivity contribution < 1.29 is 9.13 Å². The van der Waals surface area contributed by atoms with Crippen LogP contribution in [0.15, 0.2) is 53.5 Å². The number of nitrogens with one attached hydrogen (secondary N) is 2. The Hall–Kier alpha value is -2.56. The zero-order valence-corrected chi connectivity index (χ0v) is 13.5. The molecule has 2 aromatic rings. The number of ether oxygens (including phenoxy) is 1. The van der Waals surface area contributed by atoms with Crippen LogP contribution < -0.4 is 15.4 Å². The second-order valence-electron chi connectivity index (χ2n) is 5.00. The Kier molecular flexibility index (Phi) is 6.41. The average Bonchev–Trinajstić information content (AvgIpc) is 2.58. The van der Waals surface area contributed by atoms with Gasteiger partial charge in [-0.05, 0) is 30.2 Å². The molecule has 0 fully saturated rings. The van der Waals surface area contributed by atoms with Crippen molar-refractivity contribution in [3.05, 3.63) is 65.5 Å². The van der Waals surface area contributed by atoms with E-state index >= 15 is 0 Å². The van der Waals surface area contributed by atoms with Gasteiger partial charge in [-0.2, -0.15) is 0 Å². The summed E-state index contributed by atoms with van der Waals surface area (Å²) < 4.78 is 18.6. The summed E-state index contributed by atoms with van der Waals surface area (Å²) in [7, 11) is 1.45. The molecule has 4 nitrogen and oxygen atoms in total. The molecule has 0 saturated carbocycles. The third-order valence-electron chi connectivity index (χ3n) is 3.28. The van der Waals surface area contributed by atoms with Gasteiger partial charge in [0, 0.05) is 13.1 Å². The third kappa shape index (κ3) is 5.29. The molecule has 0 aliphatic carbocycles. The van der Waals surface area contributed by atoms with Gasteiger partial charge in [-0.25, -0.2) is 9.38 Å². The van der Waals surface area contributed by atoms with Crippen LogP contribution in [-0.2, 0) is 13.1 Å². The van der Waals surface area contributed by atoms with E-state index < -0.39 is 0 Å². The van der Waals surface area contributed by atoms with E-state index in [4.69, 9.17) is 4.74 Å². The predicted octanol–water partition coefficient (Wildman–Crippen LogP) is 3.09. The van der Waals surface area contributed by atoms with Crippen molar-refractivity contribution >= 4 is 5.96 Å². The minimum atomic E-state index is -0.373. The number of hydrogen-bond donors (Lipinski definition) is 2. The minimum Gasteiger partial charge on any atom is -0.494 e. The fourth-order valence-corrected chi connectivity index (χ4v) is 2.10. The Labute approximate surface area is 136 Å². The first-order valence-electron chi connectivity index (χ1n) is 7.61. The molecule has 23 heavy (non-hydrogen) atoms. The van der Waals surface area contributed by atoms with E-state index in [-0.39, 0.29) is 11.6 Å². The highest BCUT2D eigenvalue weighted by atomic mass is 19.1. The van der Waals surface area contributed by atoms with Crippen LogP contribution in [0.1, 0.15) is 18.1 Å². The zero-order chi connectivity index (χ0) is 16.5. The second-order valence-corrected chi connectivity index (χ2v) is 5.00. The van der Waals surface area contributed by atoms with Crippen LogP contribution >= 0.6 is 0 Å². The summed E-state index contributed by atoms with van der Waals surface area (Å²) in [5, 5.41) is 6.45. The lowest BCUT2D eigenvalue weighted by atomic mass is 10.2. The zero-order valence-electron chi connectivity index (χ0n) is 13.5. The van der Waals surface area contributed by atoms with E-state index in [0.717, 1.165) is 12.1 Å². The number of benzene rings is 2. The maximum atomic E-state index is 13.7. The van der Waals surface area contributed by atoms with Crippen LogP contribution in [0.3, 0.4) is 0 Å². The molecule has 0 radical (unpaired) electrons. The Bertz CT molecular complexity index is 644. The summed E-state index contributed by atoms with van der Waals surface area (Å²) in [5.74, 6) is 0.571. The summed E-state index contributed by atoms with van der Waals surface area (Å²) in [6.07, 6.45) is 0. The van der Waals surface area contributed by atoms with E-state index in [2.05, 4.69) is 27.8 Å². The van der Waals surface area contributed by atoms with Crippen LogP contribution in [0.25, 0.3) is 0 Å². The normalized spacial score (nSPS) is 11.2. The van der Waals surface area contributed by atoms with E-state index in [1.54, 1.807) is 6.07 Å². The third-order valence-corrected chi connectivity index (χ3v) is 3.28. The molecule has 0 amide bonds. The lowest BCUT2D eigenvalue weighted by molar-refractivity contribution is 0.386. The lowest BCUT2D eigenvalue weighted by Gasteiger charge is -2.11. The molecule has 2 aromatic carbocycles. The Morgan fingerprint density at radius 3 is 2.52 bits per heavy atom. The molecule has 0 heterocycles. The van der Waals surface area contributed by atoms with Crippen molar-refractivity contribution in [2.24, 2.45) is 4.99 Å². The minimum absolute atomic E-state index is 0.242. The molecule has 122 valence electrons. The van der Waals surface area contributed by atoms with Gasteiger partial charge in [0.05, 0.1) is 13.7 Å². The fourth-order valence-electron chi connectivity index (χ4n) is 2.10. The first kappa shape index (κ1) is 16.8. The monoisotopic (exact) mass is 315 g/mol. The summed E-state index contributed by atoms with van der Waals surface area (Å²) in [5.41, 5.74) is 1.97. The van der Waals surface area contributed by atoms with Crippen LogP contribution in [-0.4, -0.2) is 19.6 Å². The van der Waals surface area contributed by atoms with Gasteiger partial charge in [-0.3, -0.25) is 0 Å². The van der Waals surface area contributed by atoms with Gasteiger partial charge in [0.1, 0.15) is 0 Å². The maximum Gasteiger partial charge on any atom is 0.191 e. The van der Waals surface area contributed by atoms with Crippen molar-refractivity contribution in [2.75, 3.05) is 13.7 Å². The molecule has 0 unspecified atom stereocenters. The molecule has 2 N–H and O–H groups in total. The van der Waals surface area contributed by atoms with Crippen molar-refractivity contribution in [3.63, 3.8) is 0 Å². The van der Waals surface area contributed by atoms with Crippen LogP contribution in [0.4, 0.5) is 4.39 Å². The lowest BCUT2D eigenvalue weighted by Crippen LogP contribution is -2.36. The first-order chi connectivity index (χ1) is 11.2. The maximum absolute atomic E-state index is 13.7. The second kappa shape index (κ2) is 8.78. The Morgan fingerprint density at radius 1 is 1.09 bits per heavy atom. The largest absolute Gasteiger partial charge is 0.494 e. The van der Waals surface area contributed by atoms with Gasteiger partial charge in [0.25, 0.3) is 0 Å². The predicted molar refractivity (Wildman–Crippen MR) is 91.0 cm³/mol. The van der Waals surface area contributed by atoms with Crippen LogP contribution in [0, 0.1) is 5.82 Å². The van der Waals surface area contributed by atoms with Crippen molar-refractivity contribution in [3.8, 4) is 5.75 Å². The highest BCUT2D eigenvalue weighted by molar-refractivity contribution is 5.79. The number of rotatable bonds is 6. The van der Waals surface area contributed by atoms with Crippen molar-refractivity contribution in [2.45, 2.75) is 20.0 Å². The van der Waals surface area contributed by atoms with Crippen LogP contribution in [0.5, 0.6) is 5.75 Å². The molecule has 0 aliphatic heterocycles. The smallest absolute Gasteiger partial charge is 0.191 e. The molecule has 5 heteroatoms. The van der Waals surface area contributed by atoms with Gasteiger partial charge in [0.2, 0.25) is 0 Å². The summed E-state index contributed by atoms with van der Waals surface area (Å²) in [4.78, 5) is 4.48. The topological polar surface area (TPSA) is 45.7 Å². The van der Waals surface area contributed by atoms with Gasteiger partial charge in [-0.15, -0.1) is 0 Å². The summed E-state index contributed by atoms with van der Waals surface area (Å²) in [6, 6.07) is 15.0. The number of methoxy groups -OCH3 is 1. The Balaban J connectivity index is 1.99. The molecular weight excluding hydrogens is 293 g/mol. The molecular formula is C18H22FN3O. The number of aliphatic imine (C=N–C) groups is 1. The van der Waals surface area contributed by atoms with Gasteiger partial charge < -0.3 is 15.4 Å². The van der Waals surface area contributed by atoms with E-state index in [0.29, 0.717) is 19.0 Å². The van der Waals surface area contributed by atoms with Gasteiger partial charge in [-0.1, -0.05) is 36.4 Å². The number of nitrogens with zero attached hydrogens (tertiary/aromatic N) is 1. The van der Waals surface area contributed by atoms with Crippen molar-refractivity contribution in [1.29, 1.82) is 0 Å². The average molecular weight is 315 g/mol. The van der Waals surface area contributed by atoms with E-state index in [1.165, 1.54) is 18.7 Å². The number of hydrogen-bond acceptors (Lipinski definition) is 2. The standard InChI is InChI=1S/C18H22FN3O/c1-3-20-18(21-12-14-7-5-4-6-8-14)22-13-15-9-10-17(23-2)16(19)11-15/h4-11H,3,12-13H2,1-2H3,(H2,20,21,22). The van der Waals surface area contributed by atoms with E-state index in [9.17, 15) is 4.39 Å². The highest BCUT2D eigenvalue weighted by Gasteiger charge is 2.04. The quantitative estimate of drug-likeness (QED) is 0.636. The van der Waals surface area contributed by atoms with Crippen molar-refractivity contribution in [1.82, 2.24) is 10.6 Å². The number of halogens is 1. The number of guanidine groups is 1. The SMILES string of the molecule is CCNC(=NCc1ccc(OC)c(F)c1)NCc1ccccc1. The van der Waals surface area contributed by atoms with Gasteiger partial charge in [0.15, 0.2) is 17.5 Å². The molecule has 0 saturated heterocycles. The molecule has 0 aromatic heterocycles.